The first kappa shape index (κ1) is 20.6. The maximum absolute atomic E-state index is 12.3. The van der Waals surface area contributed by atoms with Crippen molar-refractivity contribution in [2.24, 2.45) is 14.1 Å². The average Bonchev–Trinajstić information content (AvgIpc) is 3.02. The number of unbranched alkanes of at least 4 members (excludes halogenated alkanes) is 1. The van der Waals surface area contributed by atoms with Gasteiger partial charge in [-0.3, -0.25) is 27.5 Å². The van der Waals surface area contributed by atoms with Gasteiger partial charge in [0.2, 0.25) is 0 Å². The molecule has 0 amide bonds. The topological polar surface area (TPSA) is 107 Å². The van der Waals surface area contributed by atoms with E-state index < -0.39 is 13.5 Å². The second-order valence-corrected chi connectivity index (χ2v) is 7.31. The lowest BCUT2D eigenvalue weighted by atomic mass is 10.3. The fourth-order valence-electron chi connectivity index (χ4n) is 2.56. The van der Waals surface area contributed by atoms with Gasteiger partial charge in [-0.1, -0.05) is 0 Å². The predicted octanol–water partition coefficient (Wildman–Crippen LogP) is 1.41. The van der Waals surface area contributed by atoms with Crippen LogP contribution in [0.2, 0.25) is 0 Å². The molecule has 2 aromatic heterocycles. The molecule has 0 radical (unpaired) electrons. The summed E-state index contributed by atoms with van der Waals surface area (Å²) in [5.41, 5.74) is -0.0610. The van der Waals surface area contributed by atoms with E-state index in [1.165, 1.54) is 17.9 Å². The molecule has 0 atom stereocenters. The molecular formula is C15H25N4O6P. The van der Waals surface area contributed by atoms with Gasteiger partial charge < -0.3 is 4.57 Å². The molecular weight excluding hydrogens is 363 g/mol. The number of aryl methyl sites for hydroxylation is 2. The highest BCUT2D eigenvalue weighted by Crippen LogP contribution is 2.49. The van der Waals surface area contributed by atoms with Crippen LogP contribution in [0.5, 0.6) is 0 Å². The zero-order valence-corrected chi connectivity index (χ0v) is 16.4. The zero-order valence-electron chi connectivity index (χ0n) is 15.5. The van der Waals surface area contributed by atoms with E-state index in [9.17, 15) is 14.2 Å². The quantitative estimate of drug-likeness (QED) is 0.447. The molecule has 0 bridgehead atoms. The van der Waals surface area contributed by atoms with Crippen molar-refractivity contribution in [1.29, 1.82) is 0 Å². The Balaban J connectivity index is 2.00. The highest BCUT2D eigenvalue weighted by molar-refractivity contribution is 7.48. The molecule has 0 aliphatic rings. The molecule has 0 aliphatic carbocycles. The molecule has 0 saturated heterocycles. The number of phosphoric acid groups is 1. The fraction of sp³-hybridized carbons (Fsp3) is 0.667. The maximum Gasteiger partial charge on any atom is 0.474 e. The summed E-state index contributed by atoms with van der Waals surface area (Å²) in [4.78, 5) is 28.4. The normalized spacial score (nSPS) is 12.2. The molecule has 0 fully saturated rings. The van der Waals surface area contributed by atoms with E-state index in [1.807, 2.05) is 0 Å². The van der Waals surface area contributed by atoms with Crippen molar-refractivity contribution in [3.05, 3.63) is 27.2 Å². The average molecular weight is 388 g/mol. The first-order valence-electron chi connectivity index (χ1n) is 8.49. The molecule has 10 nitrogen and oxygen atoms in total. The smallest absolute Gasteiger partial charge is 0.325 e. The lowest BCUT2D eigenvalue weighted by Gasteiger charge is -2.16. The molecule has 2 aromatic rings. The summed E-state index contributed by atoms with van der Waals surface area (Å²) in [6.45, 7) is 4.63. The Morgan fingerprint density at radius 3 is 2.31 bits per heavy atom. The van der Waals surface area contributed by atoms with Crippen LogP contribution in [0.3, 0.4) is 0 Å². The Morgan fingerprint density at radius 1 is 1.04 bits per heavy atom. The summed E-state index contributed by atoms with van der Waals surface area (Å²) in [7, 11) is -0.479. The van der Waals surface area contributed by atoms with Crippen LogP contribution in [-0.2, 0) is 38.8 Å². The maximum atomic E-state index is 12.3. The molecule has 0 saturated carbocycles. The standard InChI is InChI=1S/C15H25N4O6P/c1-5-23-26(22,24-6-2)25-10-8-7-9-19-11-16-13-12(19)14(20)18(4)15(21)17(13)3/h11H,5-10H2,1-4H3. The van der Waals surface area contributed by atoms with Crippen LogP contribution in [0.15, 0.2) is 15.9 Å². The van der Waals surface area contributed by atoms with E-state index in [0.29, 0.717) is 30.6 Å². The molecule has 0 unspecified atom stereocenters. The van der Waals surface area contributed by atoms with Gasteiger partial charge in [0.25, 0.3) is 5.56 Å². The van der Waals surface area contributed by atoms with Crippen LogP contribution in [0.4, 0.5) is 0 Å². The molecule has 26 heavy (non-hydrogen) atoms. The highest BCUT2D eigenvalue weighted by Gasteiger charge is 2.24. The van der Waals surface area contributed by atoms with Gasteiger partial charge in [-0.25, -0.2) is 14.3 Å². The Kier molecular flexibility index (Phi) is 6.94. The van der Waals surface area contributed by atoms with Gasteiger partial charge in [0.1, 0.15) is 0 Å². The van der Waals surface area contributed by atoms with Crippen LogP contribution in [0.1, 0.15) is 26.7 Å². The largest absolute Gasteiger partial charge is 0.474 e. The van der Waals surface area contributed by atoms with Crippen molar-refractivity contribution in [3.63, 3.8) is 0 Å². The van der Waals surface area contributed by atoms with Crippen LogP contribution in [0.25, 0.3) is 11.2 Å². The molecule has 2 rings (SSSR count). The highest BCUT2D eigenvalue weighted by atomic mass is 31.2. The van der Waals surface area contributed by atoms with E-state index >= 15 is 0 Å². The lowest BCUT2D eigenvalue weighted by molar-refractivity contribution is 0.120. The van der Waals surface area contributed by atoms with Crippen LogP contribution < -0.4 is 11.2 Å². The van der Waals surface area contributed by atoms with Crippen molar-refractivity contribution >= 4 is 19.0 Å². The van der Waals surface area contributed by atoms with E-state index in [-0.39, 0.29) is 25.4 Å². The summed E-state index contributed by atoms with van der Waals surface area (Å²) in [5.74, 6) is 0. The number of aromatic nitrogens is 4. The number of imidazole rings is 1. The first-order valence-corrected chi connectivity index (χ1v) is 9.95. The summed E-state index contributed by atoms with van der Waals surface area (Å²) in [6.07, 6.45) is 2.79. The number of nitrogens with zero attached hydrogens (tertiary/aromatic N) is 4. The Morgan fingerprint density at radius 2 is 1.69 bits per heavy atom. The summed E-state index contributed by atoms with van der Waals surface area (Å²) in [6, 6.07) is 0. The third-order valence-electron chi connectivity index (χ3n) is 3.83. The molecule has 0 aliphatic heterocycles. The molecule has 146 valence electrons. The number of rotatable bonds is 10. The molecule has 0 spiro atoms. The van der Waals surface area contributed by atoms with E-state index in [0.717, 1.165) is 4.57 Å². The van der Waals surface area contributed by atoms with Gasteiger partial charge >= 0.3 is 13.5 Å². The van der Waals surface area contributed by atoms with E-state index in [2.05, 4.69) is 4.98 Å². The van der Waals surface area contributed by atoms with Gasteiger partial charge in [-0.05, 0) is 26.7 Å². The lowest BCUT2D eigenvalue weighted by Crippen LogP contribution is -2.37. The van der Waals surface area contributed by atoms with Gasteiger partial charge in [-0.2, -0.15) is 0 Å². The van der Waals surface area contributed by atoms with E-state index in [1.54, 1.807) is 25.5 Å². The third-order valence-corrected chi connectivity index (χ3v) is 5.48. The Labute approximate surface area is 150 Å². The minimum Gasteiger partial charge on any atom is -0.325 e. The van der Waals surface area contributed by atoms with Crippen molar-refractivity contribution < 1.29 is 18.1 Å². The monoisotopic (exact) mass is 388 g/mol. The van der Waals surface area contributed by atoms with Gasteiger partial charge in [0.15, 0.2) is 11.2 Å². The van der Waals surface area contributed by atoms with Crippen molar-refractivity contribution in [1.82, 2.24) is 18.7 Å². The SMILES string of the molecule is CCOP(=O)(OCC)OCCCCn1cnc2c1c(=O)n(C)c(=O)n2C. The zero-order chi connectivity index (χ0) is 19.3. The van der Waals surface area contributed by atoms with Crippen LogP contribution in [-0.4, -0.2) is 38.5 Å². The number of hydrogen-bond donors (Lipinski definition) is 0. The van der Waals surface area contributed by atoms with Gasteiger partial charge in [-0.15, -0.1) is 0 Å². The molecule has 11 heteroatoms. The van der Waals surface area contributed by atoms with Crippen molar-refractivity contribution in [3.8, 4) is 0 Å². The number of fused-ring (bicyclic) bond motifs is 1. The van der Waals surface area contributed by atoms with Crippen LogP contribution >= 0.6 is 7.82 Å². The molecule has 0 N–H and O–H groups in total. The second kappa shape index (κ2) is 8.77. The second-order valence-electron chi connectivity index (χ2n) is 5.64. The minimum atomic E-state index is -3.50. The number of phosphoric ester groups is 1. The Bertz CT molecular complexity index is 905. The van der Waals surface area contributed by atoms with Crippen LogP contribution in [0, 0.1) is 0 Å². The molecule has 2 heterocycles. The summed E-state index contributed by atoms with van der Waals surface area (Å²) in [5, 5.41) is 0. The summed E-state index contributed by atoms with van der Waals surface area (Å²) >= 11 is 0. The first-order chi connectivity index (χ1) is 12.3. The third kappa shape index (κ3) is 4.32. The van der Waals surface area contributed by atoms with E-state index in [4.69, 9.17) is 13.6 Å². The predicted molar refractivity (Wildman–Crippen MR) is 96.3 cm³/mol. The summed E-state index contributed by atoms with van der Waals surface area (Å²) < 4.78 is 31.7. The van der Waals surface area contributed by atoms with Crippen molar-refractivity contribution in [2.45, 2.75) is 33.2 Å². The number of hydrogen-bond acceptors (Lipinski definition) is 7. The van der Waals surface area contributed by atoms with Gasteiger partial charge in [0, 0.05) is 20.6 Å². The fourth-order valence-corrected chi connectivity index (χ4v) is 3.76. The minimum absolute atomic E-state index is 0.209. The van der Waals surface area contributed by atoms with Gasteiger partial charge in [0.05, 0.1) is 26.1 Å². The van der Waals surface area contributed by atoms with Crippen molar-refractivity contribution in [2.75, 3.05) is 19.8 Å². The molecule has 0 aromatic carbocycles. The Hall–Kier alpha value is -1.74.